The second-order valence-electron chi connectivity index (χ2n) is 27.8. The van der Waals surface area contributed by atoms with E-state index < -0.39 is 162 Å². The van der Waals surface area contributed by atoms with Crippen LogP contribution in [0.5, 0.6) is 0 Å². The average Bonchev–Trinajstić information content (AvgIpc) is 0.813. The number of piperidine rings is 1. The Kier molecular flexibility index (Phi) is 33.9. The van der Waals surface area contributed by atoms with E-state index in [1.165, 1.54) is 26.0 Å². The standard InChI is InChI=1S/C75H105FN18O13/c1-4-5-20-57-71(106)107-44-75(2,3)63(98)70(105)94-38-12-11-24-59(94)69(104)87-52(32-28-45-16-7-6-8-17-45)43-62(97)88-56(33-34-61(77)96)67(102)91-55(23-15-37-86-74(82)83)65(100)89-53(21-13-35-84-72(78)79)60(95)42-50(40-47-25-29-48-18-9-10-19-49(48)39-47)64(99)90-54(22-14-36-85-73(80)81)66(101)93-58(68(103)92-57)41-46-26-30-51(76)31-27-46/h6-10,16-19,25-27,29-31,39,50,52-59H,4-5,11-15,20-24,28,32-38,40-44H2,1-3H3,(H2,77,96)(H,87,104)(H,88,97)(H,89,100)(H,90,99)(H,91,102)(H,92,103)(H,93,101)(H4,78,79,84)(H4,80,81,85)(H4,82,83,86)/t50-,52?,53?,54?,55?,56?,57?,58?,59?/m0/s1. The summed E-state index contributed by atoms with van der Waals surface area (Å²) in [5.41, 5.74) is 39.7. The van der Waals surface area contributed by atoms with Crippen LogP contribution in [0, 0.1) is 17.2 Å². The molecule has 107 heavy (non-hydrogen) atoms. The van der Waals surface area contributed by atoms with E-state index in [9.17, 15) is 42.7 Å². The van der Waals surface area contributed by atoms with Crippen molar-refractivity contribution in [2.45, 2.75) is 198 Å². The zero-order chi connectivity index (χ0) is 78.2. The van der Waals surface area contributed by atoms with E-state index >= 15 is 19.2 Å². The third kappa shape index (κ3) is 28.7. The minimum absolute atomic E-state index is 0.00206. The molecule has 9 atom stereocenters. The van der Waals surface area contributed by atoms with E-state index in [1.54, 1.807) is 6.07 Å². The molecule has 0 aliphatic carbocycles. The molecule has 4 aromatic carbocycles. The fourth-order valence-electron chi connectivity index (χ4n) is 12.6. The molecule has 8 unspecified atom stereocenters. The molecule has 0 bridgehead atoms. The van der Waals surface area contributed by atoms with Crippen molar-refractivity contribution in [1.82, 2.24) is 42.1 Å². The van der Waals surface area contributed by atoms with E-state index in [-0.39, 0.29) is 121 Å². The lowest BCUT2D eigenvalue weighted by Crippen LogP contribution is -2.58. The number of carbonyl (C=O) groups is 12. The van der Waals surface area contributed by atoms with Crippen LogP contribution in [0.3, 0.4) is 0 Å². The molecule has 32 heteroatoms. The maximum atomic E-state index is 15.4. The molecule has 31 nitrogen and oxygen atoms in total. The minimum atomic E-state index is -1.73. The number of carbonyl (C=O) groups excluding carboxylic acids is 12. The van der Waals surface area contributed by atoms with Crippen LogP contribution in [0.1, 0.15) is 147 Å². The highest BCUT2D eigenvalue weighted by atomic mass is 19.1. The van der Waals surface area contributed by atoms with E-state index in [0.717, 1.165) is 33.4 Å². The topological polar surface area (TPSA) is 521 Å². The highest BCUT2D eigenvalue weighted by molar-refractivity contribution is 6.38. The average molecular weight is 1490 g/mol. The van der Waals surface area contributed by atoms with Crippen molar-refractivity contribution in [3.05, 3.63) is 120 Å². The monoisotopic (exact) mass is 1480 g/mol. The fraction of sp³-hybridized carbons (Fsp3) is 0.507. The lowest BCUT2D eigenvalue weighted by atomic mass is 9.87. The van der Waals surface area contributed by atoms with Gasteiger partial charge in [-0.15, -0.1) is 0 Å². The predicted octanol–water partition coefficient (Wildman–Crippen LogP) is 0.906. The van der Waals surface area contributed by atoms with E-state index in [1.807, 2.05) is 73.7 Å². The second kappa shape index (κ2) is 42.8. The van der Waals surface area contributed by atoms with Gasteiger partial charge in [-0.1, -0.05) is 105 Å². The van der Waals surface area contributed by atoms with Crippen LogP contribution >= 0.6 is 0 Å². The Hall–Kier alpha value is -11.1. The van der Waals surface area contributed by atoms with Crippen LogP contribution in [-0.2, 0) is 81.5 Å². The first-order chi connectivity index (χ1) is 51.0. The summed E-state index contributed by atoms with van der Waals surface area (Å²) in [5.74, 6) is -13.4. The van der Waals surface area contributed by atoms with Crippen molar-refractivity contribution in [2.24, 2.45) is 66.4 Å². The molecular formula is C75H105FN18O13. The number of nitrogens with two attached hydrogens (primary N) is 7. The van der Waals surface area contributed by atoms with Crippen molar-refractivity contribution in [3.63, 3.8) is 0 Å². The summed E-state index contributed by atoms with van der Waals surface area (Å²) in [6.07, 6.45) is -0.272. The number of halogens is 1. The van der Waals surface area contributed by atoms with Crippen LogP contribution < -0.4 is 77.4 Å². The molecule has 2 fully saturated rings. The number of aliphatic imine (C=N–C) groups is 3. The van der Waals surface area contributed by atoms with Gasteiger partial charge in [0.25, 0.3) is 5.91 Å². The first kappa shape index (κ1) is 84.9. The van der Waals surface area contributed by atoms with Gasteiger partial charge in [-0.25, -0.2) is 9.18 Å². The number of hydrogen-bond donors (Lipinski definition) is 14. The number of amides is 9. The number of esters is 1. The smallest absolute Gasteiger partial charge is 0.328 e. The van der Waals surface area contributed by atoms with E-state index in [0.29, 0.717) is 43.2 Å². The number of rotatable bonds is 25. The molecule has 4 aromatic rings. The lowest BCUT2D eigenvalue weighted by molar-refractivity contribution is -0.159. The number of nitrogens with zero attached hydrogens (tertiary/aromatic N) is 4. The largest absolute Gasteiger partial charge is 0.463 e. The van der Waals surface area contributed by atoms with Crippen LogP contribution in [0.2, 0.25) is 0 Å². The van der Waals surface area contributed by atoms with Crippen molar-refractivity contribution >= 4 is 99.4 Å². The number of ether oxygens (including phenoxy) is 1. The van der Waals surface area contributed by atoms with Gasteiger partial charge in [0, 0.05) is 63.8 Å². The molecule has 2 saturated heterocycles. The summed E-state index contributed by atoms with van der Waals surface area (Å²) in [6.45, 7) is 3.79. The number of unbranched alkanes of at least 4 members (excludes halogenated alkanes) is 1. The number of primary amides is 1. The van der Waals surface area contributed by atoms with Gasteiger partial charge >= 0.3 is 5.97 Å². The molecular weight excluding hydrogens is 1380 g/mol. The van der Waals surface area contributed by atoms with Gasteiger partial charge in [-0.3, -0.25) is 67.7 Å². The molecule has 2 heterocycles. The third-order valence-electron chi connectivity index (χ3n) is 18.5. The van der Waals surface area contributed by atoms with Crippen molar-refractivity contribution in [1.29, 1.82) is 0 Å². The van der Waals surface area contributed by atoms with Gasteiger partial charge < -0.3 is 87.0 Å². The van der Waals surface area contributed by atoms with Crippen LogP contribution in [0.4, 0.5) is 4.39 Å². The van der Waals surface area contributed by atoms with E-state index in [2.05, 4.69) is 52.2 Å². The highest BCUT2D eigenvalue weighted by Crippen LogP contribution is 2.26. The molecule has 0 saturated carbocycles. The highest BCUT2D eigenvalue weighted by Gasteiger charge is 2.43. The first-order valence-electron chi connectivity index (χ1n) is 36.4. The molecule has 2 aliphatic heterocycles. The molecule has 6 rings (SSSR count). The maximum absolute atomic E-state index is 15.4. The summed E-state index contributed by atoms with van der Waals surface area (Å²) in [7, 11) is 0. The van der Waals surface area contributed by atoms with Crippen LogP contribution in [0.25, 0.3) is 10.8 Å². The molecule has 580 valence electrons. The SMILES string of the molecule is CCCCC1NC(=O)C(Cc2ccc(F)cc2)NC(=O)C(CCCN=C(N)N)NC(=O)[C@@H](Cc2ccc3ccccc3c2)CC(=O)C(CCCN=C(N)N)NC(=O)C(CCCN=C(N)N)NC(=O)C(CCC(N)=O)NC(=O)CC(CCc2ccccc2)NC(=O)C2CCCCN2C(=O)C(=O)C(C)(C)COC1=O. The lowest BCUT2D eigenvalue weighted by Gasteiger charge is -2.36. The van der Waals surface area contributed by atoms with Gasteiger partial charge in [0.15, 0.2) is 23.7 Å². The summed E-state index contributed by atoms with van der Waals surface area (Å²) >= 11 is 0. The van der Waals surface area contributed by atoms with Crippen molar-refractivity contribution < 1.29 is 66.7 Å². The Morgan fingerprint density at radius 3 is 1.64 bits per heavy atom. The number of benzene rings is 4. The number of ketones is 2. The number of guanidine groups is 3. The number of cyclic esters (lactones) is 1. The maximum Gasteiger partial charge on any atom is 0.328 e. The van der Waals surface area contributed by atoms with Gasteiger partial charge in [-0.2, -0.15) is 0 Å². The zero-order valence-corrected chi connectivity index (χ0v) is 61.1. The molecule has 0 spiro atoms. The van der Waals surface area contributed by atoms with Crippen LogP contribution in [-0.4, -0.2) is 175 Å². The van der Waals surface area contributed by atoms with Gasteiger partial charge in [0.05, 0.1) is 11.5 Å². The van der Waals surface area contributed by atoms with Crippen molar-refractivity contribution in [3.8, 4) is 0 Å². The number of aryl methyl sites for hydroxylation is 1. The summed E-state index contributed by atoms with van der Waals surface area (Å²) in [6, 6.07) is 15.8. The molecule has 9 amide bonds. The fourth-order valence-corrected chi connectivity index (χ4v) is 12.6. The Morgan fingerprint density at radius 2 is 1.05 bits per heavy atom. The molecule has 21 N–H and O–H groups in total. The molecule has 0 radical (unpaired) electrons. The van der Waals surface area contributed by atoms with Gasteiger partial charge in [-0.05, 0) is 143 Å². The molecule has 2 aliphatic rings. The number of nitrogens with one attached hydrogen (secondary N) is 7. The third-order valence-corrected chi connectivity index (χ3v) is 18.5. The predicted molar refractivity (Wildman–Crippen MR) is 401 cm³/mol. The quantitative estimate of drug-likeness (QED) is 0.0144. The Labute approximate surface area is 621 Å². The second-order valence-corrected chi connectivity index (χ2v) is 27.8. The molecule has 0 aromatic heterocycles. The summed E-state index contributed by atoms with van der Waals surface area (Å²) < 4.78 is 20.3. The summed E-state index contributed by atoms with van der Waals surface area (Å²) in [4.78, 5) is 189. The van der Waals surface area contributed by atoms with Gasteiger partial charge in [0.2, 0.25) is 53.0 Å². The van der Waals surface area contributed by atoms with Gasteiger partial charge in [0.1, 0.15) is 48.7 Å². The van der Waals surface area contributed by atoms with E-state index in [4.69, 9.17) is 44.9 Å². The summed E-state index contributed by atoms with van der Waals surface area (Å²) in [5, 5.41) is 21.0. The zero-order valence-electron chi connectivity index (χ0n) is 61.1. The number of Topliss-reactive ketones (excluding diaryl/α,β-unsaturated/α-hetero) is 2. The minimum Gasteiger partial charge on any atom is -0.463 e. The normalized spacial score (nSPS) is 22.4. The Balaban J connectivity index is 1.49. The van der Waals surface area contributed by atoms with Crippen molar-refractivity contribution in [2.75, 3.05) is 32.8 Å². The number of fused-ring (bicyclic) bond motifs is 2. The number of hydrogen-bond acceptors (Lipinski definition) is 16. The first-order valence-corrected chi connectivity index (χ1v) is 36.4. The Bertz CT molecular complexity index is 3830. The Morgan fingerprint density at radius 1 is 0.523 bits per heavy atom. The van der Waals surface area contributed by atoms with Crippen LogP contribution in [0.15, 0.2) is 112 Å².